The lowest BCUT2D eigenvalue weighted by molar-refractivity contribution is 0.619. The van der Waals surface area contributed by atoms with Crippen LogP contribution in [0.5, 0.6) is 0 Å². The first-order chi connectivity index (χ1) is 13.1. The fraction of sp³-hybridized carbons (Fsp3) is 0.0909. The predicted molar refractivity (Wildman–Crippen MR) is 114 cm³/mol. The molecule has 3 nitrogen and oxygen atoms in total. The first-order valence-corrected chi connectivity index (χ1v) is 9.50. The quantitative estimate of drug-likeness (QED) is 0.368. The number of amidine groups is 1. The maximum absolute atomic E-state index is 13.4. The Balaban J connectivity index is 1.59. The number of nitrogens with zero attached hydrogens (tertiary/aromatic N) is 2. The van der Waals surface area contributed by atoms with Crippen molar-refractivity contribution in [1.82, 2.24) is 0 Å². The van der Waals surface area contributed by atoms with Crippen molar-refractivity contribution in [2.75, 3.05) is 0 Å². The van der Waals surface area contributed by atoms with Crippen LogP contribution in [0.3, 0.4) is 0 Å². The van der Waals surface area contributed by atoms with Crippen LogP contribution in [0.4, 0.5) is 4.39 Å². The summed E-state index contributed by atoms with van der Waals surface area (Å²) in [4.78, 5) is 0. The zero-order chi connectivity index (χ0) is 19.1. The highest BCUT2D eigenvalue weighted by Crippen LogP contribution is 2.22. The molecule has 0 aliphatic carbocycles. The first-order valence-electron chi connectivity index (χ1n) is 8.51. The molecule has 0 spiro atoms. The van der Waals surface area contributed by atoms with Gasteiger partial charge in [-0.1, -0.05) is 72.4 Å². The van der Waals surface area contributed by atoms with Crippen LogP contribution in [0.25, 0.3) is 11.1 Å². The summed E-state index contributed by atoms with van der Waals surface area (Å²) in [5.74, 6) is 0.570. The maximum atomic E-state index is 13.4. The lowest BCUT2D eigenvalue weighted by Crippen LogP contribution is -2.05. The molecule has 27 heavy (non-hydrogen) atoms. The summed E-state index contributed by atoms with van der Waals surface area (Å²) < 4.78 is 13.4. The van der Waals surface area contributed by atoms with Crippen LogP contribution in [0, 0.1) is 12.7 Å². The van der Waals surface area contributed by atoms with Crippen molar-refractivity contribution < 1.29 is 4.39 Å². The van der Waals surface area contributed by atoms with Crippen LogP contribution in [0.2, 0.25) is 0 Å². The summed E-state index contributed by atoms with van der Waals surface area (Å²) in [7, 11) is 0. The second-order valence-corrected chi connectivity index (χ2v) is 7.04. The van der Waals surface area contributed by atoms with Gasteiger partial charge in [-0.3, -0.25) is 0 Å². The number of halogens is 1. The SMILES string of the molecule is Cc1cc(-c2ccc(C=NN=C(N)SCc3ccccc3)cc2)ccc1F. The van der Waals surface area contributed by atoms with Crippen LogP contribution in [-0.2, 0) is 5.75 Å². The number of rotatable bonds is 5. The lowest BCUT2D eigenvalue weighted by Gasteiger charge is -2.04. The van der Waals surface area contributed by atoms with E-state index in [9.17, 15) is 4.39 Å². The Kier molecular flexibility index (Phi) is 6.39. The van der Waals surface area contributed by atoms with Gasteiger partial charge in [0, 0.05) is 5.75 Å². The molecule has 136 valence electrons. The van der Waals surface area contributed by atoms with Gasteiger partial charge in [0.2, 0.25) is 0 Å². The highest BCUT2D eigenvalue weighted by atomic mass is 32.2. The Morgan fingerprint density at radius 3 is 2.41 bits per heavy atom. The van der Waals surface area contributed by atoms with Crippen molar-refractivity contribution in [3.63, 3.8) is 0 Å². The van der Waals surface area contributed by atoms with Gasteiger partial charge in [-0.25, -0.2) is 4.39 Å². The first kappa shape index (κ1) is 18.9. The van der Waals surface area contributed by atoms with Crippen LogP contribution in [0.1, 0.15) is 16.7 Å². The molecular formula is C22H20FN3S. The molecule has 2 N–H and O–H groups in total. The van der Waals surface area contributed by atoms with Gasteiger partial charge in [0.25, 0.3) is 0 Å². The zero-order valence-electron chi connectivity index (χ0n) is 15.0. The minimum atomic E-state index is -0.192. The van der Waals surface area contributed by atoms with Crippen LogP contribution >= 0.6 is 11.8 Å². The van der Waals surface area contributed by atoms with Gasteiger partial charge in [0.1, 0.15) is 5.82 Å². The highest BCUT2D eigenvalue weighted by molar-refractivity contribution is 8.13. The summed E-state index contributed by atoms with van der Waals surface area (Å²) in [5, 5.41) is 8.50. The number of hydrogen-bond acceptors (Lipinski definition) is 3. The van der Waals surface area contributed by atoms with E-state index in [0.717, 1.165) is 22.4 Å². The number of hydrogen-bond donors (Lipinski definition) is 1. The van der Waals surface area contributed by atoms with Gasteiger partial charge in [-0.15, -0.1) is 5.10 Å². The van der Waals surface area contributed by atoms with Crippen LogP contribution in [0.15, 0.2) is 83.0 Å². The van der Waals surface area contributed by atoms with Crippen molar-refractivity contribution in [2.24, 2.45) is 15.9 Å². The van der Waals surface area contributed by atoms with Crippen LogP contribution in [-0.4, -0.2) is 11.4 Å². The molecule has 0 aliphatic rings. The summed E-state index contributed by atoms with van der Waals surface area (Å²) >= 11 is 1.45. The fourth-order valence-corrected chi connectivity index (χ4v) is 3.11. The maximum Gasteiger partial charge on any atom is 0.180 e. The molecule has 3 aromatic rings. The van der Waals surface area contributed by atoms with Gasteiger partial charge < -0.3 is 5.73 Å². The van der Waals surface area contributed by atoms with E-state index in [1.165, 1.54) is 23.4 Å². The third-order valence-corrected chi connectivity index (χ3v) is 4.85. The predicted octanol–water partition coefficient (Wildman–Crippen LogP) is 5.38. The number of benzene rings is 3. The normalized spacial score (nSPS) is 11.9. The van der Waals surface area contributed by atoms with Crippen LogP contribution < -0.4 is 5.73 Å². The molecule has 3 aromatic carbocycles. The Labute approximate surface area is 162 Å². The second kappa shape index (κ2) is 9.14. The molecule has 0 amide bonds. The van der Waals surface area contributed by atoms with E-state index in [1.54, 1.807) is 19.2 Å². The summed E-state index contributed by atoms with van der Waals surface area (Å²) in [6.07, 6.45) is 1.66. The smallest absolute Gasteiger partial charge is 0.180 e. The van der Waals surface area contributed by atoms with E-state index >= 15 is 0 Å². The average Bonchev–Trinajstić information content (AvgIpc) is 2.70. The molecule has 0 saturated heterocycles. The molecule has 0 heterocycles. The third kappa shape index (κ3) is 5.53. The Morgan fingerprint density at radius 1 is 1.00 bits per heavy atom. The third-order valence-electron chi connectivity index (χ3n) is 3.99. The Morgan fingerprint density at radius 2 is 1.70 bits per heavy atom. The second-order valence-electron chi connectivity index (χ2n) is 6.04. The van der Waals surface area contributed by atoms with Gasteiger partial charge in [-0.05, 0) is 46.9 Å². The average molecular weight is 377 g/mol. The zero-order valence-corrected chi connectivity index (χ0v) is 15.8. The number of aryl methyl sites for hydroxylation is 1. The Bertz CT molecular complexity index is 951. The number of nitrogens with two attached hydrogens (primary N) is 1. The molecule has 5 heteroatoms. The molecule has 0 radical (unpaired) electrons. The molecule has 3 rings (SSSR count). The summed E-state index contributed by atoms with van der Waals surface area (Å²) in [5.41, 5.74) is 10.6. The standard InChI is InChI=1S/C22H20FN3S/c1-16-13-20(11-12-21(16)23)19-9-7-17(8-10-19)14-25-26-22(24)27-15-18-5-3-2-4-6-18/h2-14H,15H2,1H3,(H2,24,26). The molecule has 0 unspecified atom stereocenters. The van der Waals surface area contributed by atoms with Crippen molar-refractivity contribution in [1.29, 1.82) is 0 Å². The van der Waals surface area contributed by atoms with Crippen molar-refractivity contribution >= 4 is 23.1 Å². The topological polar surface area (TPSA) is 50.7 Å². The monoisotopic (exact) mass is 377 g/mol. The van der Waals surface area contributed by atoms with E-state index in [-0.39, 0.29) is 5.82 Å². The summed E-state index contributed by atoms with van der Waals surface area (Å²) in [6.45, 7) is 1.76. The molecule has 0 atom stereocenters. The van der Waals surface area contributed by atoms with Crippen molar-refractivity contribution in [2.45, 2.75) is 12.7 Å². The van der Waals surface area contributed by atoms with Gasteiger partial charge in [0.05, 0.1) is 6.21 Å². The van der Waals surface area contributed by atoms with E-state index in [1.807, 2.05) is 60.7 Å². The van der Waals surface area contributed by atoms with E-state index in [4.69, 9.17) is 5.73 Å². The van der Waals surface area contributed by atoms with E-state index in [2.05, 4.69) is 10.2 Å². The van der Waals surface area contributed by atoms with Crippen molar-refractivity contribution in [3.05, 3.63) is 95.3 Å². The van der Waals surface area contributed by atoms with Gasteiger partial charge >= 0.3 is 0 Å². The van der Waals surface area contributed by atoms with Gasteiger partial charge in [-0.2, -0.15) is 5.10 Å². The minimum absolute atomic E-state index is 0.192. The minimum Gasteiger partial charge on any atom is -0.377 e. The molecule has 0 aliphatic heterocycles. The summed E-state index contributed by atoms with van der Waals surface area (Å²) in [6, 6.07) is 23.0. The van der Waals surface area contributed by atoms with Gasteiger partial charge in [0.15, 0.2) is 5.17 Å². The molecular weight excluding hydrogens is 357 g/mol. The fourth-order valence-electron chi connectivity index (χ4n) is 2.50. The number of thioether (sulfide) groups is 1. The lowest BCUT2D eigenvalue weighted by atomic mass is 10.0. The molecule has 0 saturated carbocycles. The molecule has 0 aromatic heterocycles. The molecule has 0 bridgehead atoms. The van der Waals surface area contributed by atoms with Crippen molar-refractivity contribution in [3.8, 4) is 11.1 Å². The molecule has 0 fully saturated rings. The van der Waals surface area contributed by atoms with E-state index < -0.39 is 0 Å². The highest BCUT2D eigenvalue weighted by Gasteiger charge is 2.01. The Hall–Kier alpha value is -2.92. The van der Waals surface area contributed by atoms with E-state index in [0.29, 0.717) is 10.7 Å². The largest absolute Gasteiger partial charge is 0.377 e.